The molecule has 0 bridgehead atoms. The molecule has 2 aliphatic rings. The van der Waals surface area contributed by atoms with E-state index in [9.17, 15) is 0 Å². The van der Waals surface area contributed by atoms with Crippen molar-refractivity contribution in [2.75, 3.05) is 13.2 Å². The molecule has 0 amide bonds. The molecule has 0 N–H and O–H groups in total. The van der Waals surface area contributed by atoms with Gasteiger partial charge in [-0.15, -0.1) is 0 Å². The number of benzene rings is 2. The van der Waals surface area contributed by atoms with E-state index in [1.807, 2.05) is 0 Å². The molecule has 0 aromatic heterocycles. The molecule has 4 rings (SSSR count). The molecule has 0 aliphatic heterocycles. The second-order valence-corrected chi connectivity index (χ2v) is 7.84. The van der Waals surface area contributed by atoms with Gasteiger partial charge in [0.25, 0.3) is 0 Å². The van der Waals surface area contributed by atoms with E-state index in [-0.39, 0.29) is 0 Å². The number of rotatable bonds is 6. The first kappa shape index (κ1) is 18.3. The van der Waals surface area contributed by atoms with Crippen LogP contribution < -0.4 is 0 Å². The average Bonchev–Trinajstić information content (AvgIpc) is 2.76. The molecule has 0 fully saturated rings. The van der Waals surface area contributed by atoms with Crippen LogP contribution in [0.1, 0.15) is 49.7 Å². The van der Waals surface area contributed by atoms with Crippen molar-refractivity contribution in [2.45, 2.75) is 38.5 Å². The fraction of sp³-hybridized carbons (Fsp3) is 0.385. The monoisotopic (exact) mass is 358 g/mol. The van der Waals surface area contributed by atoms with Crippen molar-refractivity contribution >= 4 is 11.1 Å². The van der Waals surface area contributed by atoms with Crippen LogP contribution >= 0.6 is 0 Å². The first-order chi connectivity index (χ1) is 13.4. The Labute approximate surface area is 163 Å². The van der Waals surface area contributed by atoms with Gasteiger partial charge >= 0.3 is 0 Å². The van der Waals surface area contributed by atoms with Crippen LogP contribution in [0.25, 0.3) is 11.1 Å². The van der Waals surface area contributed by atoms with E-state index in [0.717, 1.165) is 13.2 Å². The third-order valence-corrected chi connectivity index (χ3v) is 5.97. The molecule has 0 radical (unpaired) electrons. The third kappa shape index (κ3) is 4.59. The van der Waals surface area contributed by atoms with Crippen molar-refractivity contribution in [1.29, 1.82) is 0 Å². The van der Waals surface area contributed by atoms with Crippen molar-refractivity contribution in [3.05, 3.63) is 83.9 Å². The van der Waals surface area contributed by atoms with E-state index in [0.29, 0.717) is 11.8 Å². The Balaban J connectivity index is 1.38. The molecular weight excluding hydrogens is 328 g/mol. The van der Waals surface area contributed by atoms with E-state index >= 15 is 0 Å². The third-order valence-electron chi connectivity index (χ3n) is 5.97. The number of hydrogen-bond donors (Lipinski definition) is 0. The van der Waals surface area contributed by atoms with E-state index in [1.54, 1.807) is 0 Å². The van der Waals surface area contributed by atoms with Crippen LogP contribution in [0, 0.1) is 11.8 Å². The SMILES string of the molecule is C1=C(c2ccccc2)C(COCC2CCCC=C2c2ccccc2)CCC1. The van der Waals surface area contributed by atoms with Gasteiger partial charge in [-0.05, 0) is 60.8 Å². The highest BCUT2D eigenvalue weighted by molar-refractivity contribution is 5.69. The zero-order chi connectivity index (χ0) is 18.3. The maximum atomic E-state index is 6.33. The molecule has 140 valence electrons. The summed E-state index contributed by atoms with van der Waals surface area (Å²) < 4.78 is 6.33. The molecule has 2 aromatic carbocycles. The normalized spacial score (nSPS) is 22.8. The predicted molar refractivity (Wildman–Crippen MR) is 114 cm³/mol. The molecule has 2 aromatic rings. The first-order valence-corrected chi connectivity index (χ1v) is 10.5. The van der Waals surface area contributed by atoms with Gasteiger partial charge in [0.15, 0.2) is 0 Å². The summed E-state index contributed by atoms with van der Waals surface area (Å²) in [6, 6.07) is 21.7. The lowest BCUT2D eigenvalue weighted by Crippen LogP contribution is -2.20. The summed E-state index contributed by atoms with van der Waals surface area (Å²) in [7, 11) is 0. The van der Waals surface area contributed by atoms with Gasteiger partial charge in [-0.25, -0.2) is 0 Å². The number of allylic oxidation sites excluding steroid dienone is 2. The van der Waals surface area contributed by atoms with Crippen molar-refractivity contribution in [3.8, 4) is 0 Å². The summed E-state index contributed by atoms with van der Waals surface area (Å²) in [6.07, 6.45) is 12.3. The lowest BCUT2D eigenvalue weighted by atomic mass is 9.83. The van der Waals surface area contributed by atoms with Gasteiger partial charge in [0.05, 0.1) is 13.2 Å². The van der Waals surface area contributed by atoms with Crippen LogP contribution in [-0.4, -0.2) is 13.2 Å². The smallest absolute Gasteiger partial charge is 0.0535 e. The van der Waals surface area contributed by atoms with Crippen LogP contribution in [0.2, 0.25) is 0 Å². The van der Waals surface area contributed by atoms with Gasteiger partial charge in [-0.3, -0.25) is 0 Å². The Morgan fingerprint density at radius 2 is 1.07 bits per heavy atom. The van der Waals surface area contributed by atoms with Gasteiger partial charge < -0.3 is 4.74 Å². The van der Waals surface area contributed by atoms with Gasteiger partial charge in [0.2, 0.25) is 0 Å². The van der Waals surface area contributed by atoms with Crippen LogP contribution in [0.3, 0.4) is 0 Å². The average molecular weight is 359 g/mol. The fourth-order valence-corrected chi connectivity index (χ4v) is 4.56. The zero-order valence-corrected chi connectivity index (χ0v) is 16.1. The Morgan fingerprint density at radius 1 is 0.630 bits per heavy atom. The molecule has 0 heterocycles. The molecule has 1 heteroatoms. The fourth-order valence-electron chi connectivity index (χ4n) is 4.56. The molecule has 0 saturated carbocycles. The molecule has 2 atom stereocenters. The Morgan fingerprint density at radius 3 is 1.52 bits per heavy atom. The molecule has 2 unspecified atom stereocenters. The standard InChI is InChI=1S/C26H30O/c1-3-11-21(12-4-1)25-17-9-7-15-23(25)19-27-20-24-16-8-10-18-26(24)22-13-5-2-6-14-22/h1-6,11-14,17-18,23-24H,7-10,15-16,19-20H2. The number of ether oxygens (including phenoxy) is 1. The summed E-state index contributed by atoms with van der Waals surface area (Å²) in [5, 5.41) is 0. The maximum Gasteiger partial charge on any atom is 0.0535 e. The second-order valence-electron chi connectivity index (χ2n) is 7.84. The summed E-state index contributed by atoms with van der Waals surface area (Å²) >= 11 is 0. The van der Waals surface area contributed by atoms with Gasteiger partial charge in [0, 0.05) is 11.8 Å². The Bertz CT molecular complexity index is 705. The lowest BCUT2D eigenvalue weighted by molar-refractivity contribution is 0.0908. The van der Waals surface area contributed by atoms with Crippen LogP contribution in [0.15, 0.2) is 72.8 Å². The quantitative estimate of drug-likeness (QED) is 0.553. The minimum atomic E-state index is 0.536. The van der Waals surface area contributed by atoms with Crippen molar-refractivity contribution < 1.29 is 4.74 Å². The van der Waals surface area contributed by atoms with E-state index in [2.05, 4.69) is 72.8 Å². The molecule has 0 saturated heterocycles. The predicted octanol–water partition coefficient (Wildman–Crippen LogP) is 6.77. The molecule has 1 nitrogen and oxygen atoms in total. The van der Waals surface area contributed by atoms with E-state index in [4.69, 9.17) is 4.74 Å². The summed E-state index contributed by atoms with van der Waals surface area (Å²) in [5.74, 6) is 1.07. The van der Waals surface area contributed by atoms with Crippen LogP contribution in [-0.2, 0) is 4.74 Å². The van der Waals surface area contributed by atoms with Gasteiger partial charge in [-0.1, -0.05) is 72.8 Å². The summed E-state index contributed by atoms with van der Waals surface area (Å²) in [6.45, 7) is 1.69. The molecule has 27 heavy (non-hydrogen) atoms. The molecule has 2 aliphatic carbocycles. The van der Waals surface area contributed by atoms with Crippen LogP contribution in [0.5, 0.6) is 0 Å². The first-order valence-electron chi connectivity index (χ1n) is 10.5. The Kier molecular flexibility index (Phi) is 6.21. The molecule has 0 spiro atoms. The summed E-state index contributed by atoms with van der Waals surface area (Å²) in [4.78, 5) is 0. The zero-order valence-electron chi connectivity index (χ0n) is 16.1. The number of hydrogen-bond acceptors (Lipinski definition) is 1. The van der Waals surface area contributed by atoms with E-state index < -0.39 is 0 Å². The highest BCUT2D eigenvalue weighted by Crippen LogP contribution is 2.35. The minimum absolute atomic E-state index is 0.536. The van der Waals surface area contributed by atoms with Crippen molar-refractivity contribution in [1.82, 2.24) is 0 Å². The van der Waals surface area contributed by atoms with Crippen molar-refractivity contribution in [3.63, 3.8) is 0 Å². The van der Waals surface area contributed by atoms with Crippen molar-refractivity contribution in [2.24, 2.45) is 11.8 Å². The molecular formula is C26H30O. The topological polar surface area (TPSA) is 9.23 Å². The van der Waals surface area contributed by atoms with E-state index in [1.165, 1.54) is 60.8 Å². The van der Waals surface area contributed by atoms with Crippen LogP contribution in [0.4, 0.5) is 0 Å². The van der Waals surface area contributed by atoms with Gasteiger partial charge in [-0.2, -0.15) is 0 Å². The summed E-state index contributed by atoms with van der Waals surface area (Å²) in [5.41, 5.74) is 5.72. The Hall–Kier alpha value is -2.12. The second kappa shape index (κ2) is 9.19. The van der Waals surface area contributed by atoms with Gasteiger partial charge in [0.1, 0.15) is 0 Å². The lowest BCUT2D eigenvalue weighted by Gasteiger charge is -2.28. The highest BCUT2D eigenvalue weighted by atomic mass is 16.5. The largest absolute Gasteiger partial charge is 0.380 e. The highest BCUT2D eigenvalue weighted by Gasteiger charge is 2.22. The maximum absolute atomic E-state index is 6.33. The minimum Gasteiger partial charge on any atom is -0.380 e.